The molecule has 0 atom stereocenters. The number of benzene rings is 6. The van der Waals surface area contributed by atoms with Crippen molar-refractivity contribution < 1.29 is 17.1 Å². The van der Waals surface area contributed by atoms with Gasteiger partial charge in [0.1, 0.15) is 0 Å². The average molecular weight is 538 g/mol. The summed E-state index contributed by atoms with van der Waals surface area (Å²) in [5.74, 6) is 0. The smallest absolute Gasteiger partial charge is 0.126 e. The van der Waals surface area contributed by atoms with Crippen molar-refractivity contribution in [2.45, 2.75) is 0 Å². The molecule has 8 rings (SSSR count). The van der Waals surface area contributed by atoms with Crippen molar-refractivity contribution >= 4 is 43.1 Å². The summed E-state index contributed by atoms with van der Waals surface area (Å²) in [6.45, 7) is 0. The Morgan fingerprint density at radius 3 is 1.10 bits per heavy atom. The fourth-order valence-electron chi connectivity index (χ4n) is 5.73. The fourth-order valence-corrected chi connectivity index (χ4v) is 5.73. The Morgan fingerprint density at radius 2 is 0.667 bits per heavy atom. The molecule has 0 heterocycles. The van der Waals surface area contributed by atoms with Gasteiger partial charge in [-0.05, 0) is 11.1 Å². The maximum atomic E-state index is 2.27. The van der Waals surface area contributed by atoms with Crippen LogP contribution in [-0.4, -0.2) is 0 Å². The maximum Gasteiger partial charge on any atom is 2.00 e. The summed E-state index contributed by atoms with van der Waals surface area (Å²) in [5.41, 5.74) is 5.20. The predicted molar refractivity (Wildman–Crippen MR) is 165 cm³/mol. The van der Waals surface area contributed by atoms with Gasteiger partial charge in [-0.15, -0.1) is 79.5 Å². The molecular formula is C38H26Fe. The first-order valence-electron chi connectivity index (χ1n) is 13.1. The third-order valence-corrected chi connectivity index (χ3v) is 7.45. The topological polar surface area (TPSA) is 0 Å². The molecule has 0 aliphatic carbocycles. The molecule has 186 valence electrons. The molecule has 0 bridgehead atoms. The van der Waals surface area contributed by atoms with E-state index in [4.69, 9.17) is 0 Å². The Balaban J connectivity index is 0.000000138. The van der Waals surface area contributed by atoms with Crippen LogP contribution in [0.25, 0.3) is 65.3 Å². The molecule has 8 aromatic carbocycles. The standard InChI is InChI=1S/2C19H13.Fe/c2*1-2-7-14(8-3-1)17-12-6-10-16-13-15-9-4-5-11-18(15)19(16)17;/h2*1-13H;/q2*-1;+2. The van der Waals surface area contributed by atoms with Crippen LogP contribution in [-0.2, 0) is 17.1 Å². The van der Waals surface area contributed by atoms with E-state index < -0.39 is 0 Å². The van der Waals surface area contributed by atoms with Gasteiger partial charge < -0.3 is 0 Å². The van der Waals surface area contributed by atoms with Gasteiger partial charge in [0, 0.05) is 0 Å². The van der Waals surface area contributed by atoms with Crippen molar-refractivity contribution in [3.63, 3.8) is 0 Å². The molecule has 0 nitrogen and oxygen atoms in total. The molecule has 0 aliphatic heterocycles. The van der Waals surface area contributed by atoms with E-state index in [1.807, 2.05) is 0 Å². The van der Waals surface area contributed by atoms with Gasteiger partial charge in [-0.2, -0.15) is 0 Å². The molecule has 1 heteroatoms. The van der Waals surface area contributed by atoms with E-state index in [1.54, 1.807) is 0 Å². The molecular weight excluding hydrogens is 512 g/mol. The van der Waals surface area contributed by atoms with E-state index >= 15 is 0 Å². The van der Waals surface area contributed by atoms with Crippen LogP contribution in [0.5, 0.6) is 0 Å². The molecule has 8 aromatic rings. The van der Waals surface area contributed by atoms with Crippen molar-refractivity contribution in [3.05, 3.63) is 158 Å². The molecule has 0 aromatic heterocycles. The monoisotopic (exact) mass is 538 g/mol. The molecule has 0 radical (unpaired) electrons. The molecule has 0 amide bonds. The molecule has 0 fully saturated rings. The molecule has 0 N–H and O–H groups in total. The first kappa shape index (κ1) is 24.9. The molecule has 0 aliphatic rings. The third-order valence-electron chi connectivity index (χ3n) is 7.45. The Bertz CT molecular complexity index is 1860. The van der Waals surface area contributed by atoms with Crippen LogP contribution < -0.4 is 0 Å². The quantitative estimate of drug-likeness (QED) is 0.152. The molecule has 0 spiro atoms. The van der Waals surface area contributed by atoms with E-state index in [9.17, 15) is 0 Å². The minimum absolute atomic E-state index is 0. The van der Waals surface area contributed by atoms with Gasteiger partial charge in [0.2, 0.25) is 0 Å². The summed E-state index contributed by atoms with van der Waals surface area (Å²) in [7, 11) is 0. The summed E-state index contributed by atoms with van der Waals surface area (Å²) >= 11 is 0. The SMILES string of the molecule is [Fe+2].c1ccc(-c2cccc3[cH-]c4ccccc4c23)cc1.c1ccc(-c2cccc3[cH-]c4ccccc4c23)cc1. The van der Waals surface area contributed by atoms with Gasteiger partial charge in [0.15, 0.2) is 0 Å². The Kier molecular flexibility index (Phi) is 6.86. The number of hydrogen-bond donors (Lipinski definition) is 0. The molecule has 39 heavy (non-hydrogen) atoms. The molecule has 0 unspecified atom stereocenters. The minimum Gasteiger partial charge on any atom is -0.126 e. The van der Waals surface area contributed by atoms with Gasteiger partial charge in [0.05, 0.1) is 0 Å². The summed E-state index contributed by atoms with van der Waals surface area (Å²) in [6.07, 6.45) is 0. The van der Waals surface area contributed by atoms with E-state index in [2.05, 4.69) is 158 Å². The van der Waals surface area contributed by atoms with E-state index in [0.29, 0.717) is 0 Å². The second-order valence-electron chi connectivity index (χ2n) is 9.73. The van der Waals surface area contributed by atoms with Crippen LogP contribution in [0, 0.1) is 0 Å². The Hall–Kier alpha value is -4.42. The normalized spacial score (nSPS) is 10.9. The second-order valence-corrected chi connectivity index (χ2v) is 9.73. The van der Waals surface area contributed by atoms with Crippen LogP contribution in [0.1, 0.15) is 0 Å². The van der Waals surface area contributed by atoms with Crippen molar-refractivity contribution in [2.24, 2.45) is 0 Å². The van der Waals surface area contributed by atoms with Crippen molar-refractivity contribution in [2.75, 3.05) is 0 Å². The van der Waals surface area contributed by atoms with E-state index in [1.165, 1.54) is 65.3 Å². The molecule has 0 saturated carbocycles. The number of hydrogen-bond acceptors (Lipinski definition) is 0. The van der Waals surface area contributed by atoms with Crippen LogP contribution in [0.4, 0.5) is 0 Å². The van der Waals surface area contributed by atoms with Gasteiger partial charge in [-0.1, -0.05) is 132 Å². The third kappa shape index (κ3) is 4.57. The summed E-state index contributed by atoms with van der Waals surface area (Å²) in [4.78, 5) is 0. The van der Waals surface area contributed by atoms with E-state index in [-0.39, 0.29) is 17.1 Å². The second kappa shape index (κ2) is 10.8. The number of fused-ring (bicyclic) bond motifs is 6. The summed E-state index contributed by atoms with van der Waals surface area (Å²) in [5, 5.41) is 10.7. The Morgan fingerprint density at radius 1 is 0.308 bits per heavy atom. The largest absolute Gasteiger partial charge is 2.00 e. The van der Waals surface area contributed by atoms with Crippen molar-refractivity contribution in [3.8, 4) is 22.3 Å². The zero-order valence-electron chi connectivity index (χ0n) is 21.4. The zero-order valence-corrected chi connectivity index (χ0v) is 22.5. The first-order valence-corrected chi connectivity index (χ1v) is 13.1. The van der Waals surface area contributed by atoms with Gasteiger partial charge in [-0.3, -0.25) is 0 Å². The van der Waals surface area contributed by atoms with Gasteiger partial charge in [0.25, 0.3) is 0 Å². The van der Waals surface area contributed by atoms with Crippen LogP contribution in [0.3, 0.4) is 0 Å². The zero-order chi connectivity index (χ0) is 25.3. The van der Waals surface area contributed by atoms with Crippen molar-refractivity contribution in [1.29, 1.82) is 0 Å². The van der Waals surface area contributed by atoms with Gasteiger partial charge in [-0.25, -0.2) is 0 Å². The van der Waals surface area contributed by atoms with Crippen LogP contribution in [0.2, 0.25) is 0 Å². The fraction of sp³-hybridized carbons (Fsp3) is 0. The minimum atomic E-state index is 0. The van der Waals surface area contributed by atoms with Crippen molar-refractivity contribution in [1.82, 2.24) is 0 Å². The first-order chi connectivity index (χ1) is 18.9. The van der Waals surface area contributed by atoms with Gasteiger partial charge >= 0.3 is 17.1 Å². The Labute approximate surface area is 239 Å². The van der Waals surface area contributed by atoms with E-state index in [0.717, 1.165) is 0 Å². The molecule has 0 saturated heterocycles. The number of rotatable bonds is 2. The maximum absolute atomic E-state index is 2.27. The summed E-state index contributed by atoms with van der Waals surface area (Å²) < 4.78 is 0. The van der Waals surface area contributed by atoms with Crippen LogP contribution in [0.15, 0.2) is 158 Å². The average Bonchev–Trinajstić information content (AvgIpc) is 3.57. The predicted octanol–water partition coefficient (Wildman–Crippen LogP) is 10.8. The van der Waals surface area contributed by atoms with Crippen LogP contribution >= 0.6 is 0 Å². The summed E-state index contributed by atoms with van der Waals surface area (Å²) in [6, 6.07) is 56.1.